The fraction of sp³-hybridized carbons (Fsp3) is 0.652. The molecule has 1 fully saturated rings. The molecule has 1 aliphatic heterocycles. The van der Waals surface area contributed by atoms with Crippen molar-refractivity contribution in [1.29, 1.82) is 0 Å². The average molecular weight is 553 g/mol. The van der Waals surface area contributed by atoms with Crippen LogP contribution in [-0.2, 0) is 19.0 Å². The molecule has 0 aliphatic carbocycles. The number of aromatic nitrogens is 2. The number of anilines is 1. The minimum Gasteiger partial charge on any atom is -0.449 e. The SMILES string of the molecule is C[B]NCCSSCCOC(=O)NCC#Cc1cn([C@H]2CC(OCCC(C)=O)[C@@H](CC)O2)c(=O)nc1N. The largest absolute Gasteiger partial charge is 0.449 e. The smallest absolute Gasteiger partial charge is 0.407 e. The molecular formula is C23H35BN5O6S2. The molecule has 1 saturated heterocycles. The van der Waals surface area contributed by atoms with Gasteiger partial charge < -0.3 is 30.5 Å². The summed E-state index contributed by atoms with van der Waals surface area (Å²) in [5, 5.41) is 5.68. The van der Waals surface area contributed by atoms with Gasteiger partial charge in [-0.05, 0) is 19.9 Å². The summed E-state index contributed by atoms with van der Waals surface area (Å²) in [4.78, 5) is 39.4. The minimum atomic E-state index is -0.584. The van der Waals surface area contributed by atoms with Crippen molar-refractivity contribution in [2.24, 2.45) is 0 Å². The van der Waals surface area contributed by atoms with Crippen LogP contribution < -0.4 is 22.0 Å². The summed E-state index contributed by atoms with van der Waals surface area (Å²) in [5.74, 6) is 7.33. The number of nitrogen functional groups attached to an aromatic ring is 1. The zero-order chi connectivity index (χ0) is 27.0. The maximum Gasteiger partial charge on any atom is 0.407 e. The van der Waals surface area contributed by atoms with Gasteiger partial charge in [-0.3, -0.25) is 9.36 Å². The van der Waals surface area contributed by atoms with Crippen molar-refractivity contribution in [3.8, 4) is 11.8 Å². The van der Waals surface area contributed by atoms with Crippen molar-refractivity contribution in [3.63, 3.8) is 0 Å². The highest BCUT2D eigenvalue weighted by molar-refractivity contribution is 8.76. The third-order valence-corrected chi connectivity index (χ3v) is 7.59. The lowest BCUT2D eigenvalue weighted by atomic mass is 10.0. The molecule has 0 aromatic carbocycles. The molecule has 4 N–H and O–H groups in total. The number of carbonyl (C=O) groups is 2. The Hall–Kier alpha value is -2.18. The molecule has 11 nitrogen and oxygen atoms in total. The van der Waals surface area contributed by atoms with E-state index in [9.17, 15) is 14.4 Å². The molecule has 1 aliphatic rings. The van der Waals surface area contributed by atoms with Crippen LogP contribution >= 0.6 is 21.6 Å². The number of ketones is 1. The van der Waals surface area contributed by atoms with E-state index < -0.39 is 18.0 Å². The second-order valence-electron chi connectivity index (χ2n) is 8.04. The summed E-state index contributed by atoms with van der Waals surface area (Å²) >= 11 is 0. The van der Waals surface area contributed by atoms with E-state index in [1.54, 1.807) is 21.6 Å². The Labute approximate surface area is 226 Å². The van der Waals surface area contributed by atoms with E-state index in [0.717, 1.165) is 12.3 Å². The Bertz CT molecular complexity index is 1000. The zero-order valence-corrected chi connectivity index (χ0v) is 23.1. The number of carbonyl (C=O) groups excluding carboxylic acids is 2. The van der Waals surface area contributed by atoms with Gasteiger partial charge in [-0.1, -0.05) is 47.2 Å². The lowest BCUT2D eigenvalue weighted by Gasteiger charge is -2.16. The van der Waals surface area contributed by atoms with Crippen LogP contribution in [0.1, 0.15) is 44.9 Å². The third kappa shape index (κ3) is 11.4. The normalized spacial score (nSPS) is 18.6. The van der Waals surface area contributed by atoms with Gasteiger partial charge in [-0.25, -0.2) is 9.59 Å². The van der Waals surface area contributed by atoms with Crippen molar-refractivity contribution in [1.82, 2.24) is 20.1 Å². The number of rotatable bonds is 15. The highest BCUT2D eigenvalue weighted by Crippen LogP contribution is 2.32. The van der Waals surface area contributed by atoms with E-state index in [-0.39, 0.29) is 30.4 Å². The topological polar surface area (TPSA) is 147 Å². The van der Waals surface area contributed by atoms with E-state index in [1.165, 1.54) is 17.7 Å². The van der Waals surface area contributed by atoms with Gasteiger partial charge >= 0.3 is 11.8 Å². The summed E-state index contributed by atoms with van der Waals surface area (Å²) in [6.45, 7) is 6.97. The van der Waals surface area contributed by atoms with Gasteiger partial charge in [-0.15, -0.1) is 0 Å². The van der Waals surface area contributed by atoms with Crippen LogP contribution in [-0.4, -0.2) is 78.9 Å². The molecule has 3 atom stereocenters. The molecule has 1 aromatic heterocycles. The van der Waals surface area contributed by atoms with Gasteiger partial charge in [0.1, 0.15) is 24.4 Å². The molecule has 37 heavy (non-hydrogen) atoms. The maximum absolute atomic E-state index is 12.5. The zero-order valence-electron chi connectivity index (χ0n) is 21.5. The van der Waals surface area contributed by atoms with Crippen LogP contribution in [0.15, 0.2) is 11.0 Å². The number of Topliss-reactive ketones (excluding diaryl/α,β-unsaturated/α-hetero) is 1. The first-order valence-corrected chi connectivity index (χ1v) is 14.6. The number of hydrogen-bond acceptors (Lipinski definition) is 11. The molecule has 14 heteroatoms. The first-order valence-electron chi connectivity index (χ1n) is 12.2. The molecular weight excluding hydrogens is 517 g/mol. The fourth-order valence-corrected chi connectivity index (χ4v) is 5.13. The molecule has 2 heterocycles. The molecule has 0 bridgehead atoms. The second kappa shape index (κ2) is 17.4. The highest BCUT2D eigenvalue weighted by atomic mass is 33.1. The van der Waals surface area contributed by atoms with E-state index >= 15 is 0 Å². The van der Waals surface area contributed by atoms with Crippen LogP contribution in [0.4, 0.5) is 10.6 Å². The quantitative estimate of drug-likeness (QED) is 0.126. The van der Waals surface area contributed by atoms with Crippen molar-refractivity contribution in [3.05, 3.63) is 22.2 Å². The lowest BCUT2D eigenvalue weighted by Crippen LogP contribution is -2.28. The molecule has 1 amide bonds. The van der Waals surface area contributed by atoms with E-state index in [0.29, 0.717) is 43.8 Å². The van der Waals surface area contributed by atoms with Gasteiger partial charge in [-0.2, -0.15) is 4.98 Å². The number of nitrogens with one attached hydrogen (secondary N) is 2. The first kappa shape index (κ1) is 31.0. The van der Waals surface area contributed by atoms with E-state index in [4.69, 9.17) is 19.9 Å². The van der Waals surface area contributed by atoms with Gasteiger partial charge in [0, 0.05) is 30.5 Å². The van der Waals surface area contributed by atoms with Crippen LogP contribution in [0.5, 0.6) is 0 Å². The summed E-state index contributed by atoms with van der Waals surface area (Å²) in [6, 6.07) is 0. The monoisotopic (exact) mass is 552 g/mol. The van der Waals surface area contributed by atoms with Crippen molar-refractivity contribution in [2.75, 3.05) is 43.5 Å². The Morgan fingerprint density at radius 3 is 2.86 bits per heavy atom. The van der Waals surface area contributed by atoms with Crippen LogP contribution in [0, 0.1) is 11.8 Å². The van der Waals surface area contributed by atoms with E-state index in [1.807, 2.05) is 21.2 Å². The molecule has 1 unspecified atom stereocenters. The summed E-state index contributed by atoms with van der Waals surface area (Å²) in [5.41, 5.74) is 5.68. The van der Waals surface area contributed by atoms with E-state index in [2.05, 4.69) is 27.4 Å². The number of nitrogens with zero attached hydrogens (tertiary/aromatic N) is 2. The number of nitrogens with two attached hydrogens (primary N) is 1. The number of hydrogen-bond donors (Lipinski definition) is 3. The number of ether oxygens (including phenoxy) is 3. The Balaban J connectivity index is 1.84. The predicted molar refractivity (Wildman–Crippen MR) is 148 cm³/mol. The highest BCUT2D eigenvalue weighted by Gasteiger charge is 2.36. The van der Waals surface area contributed by atoms with Crippen molar-refractivity contribution >= 4 is 46.7 Å². The number of alkyl carbamates (subject to hydrolysis) is 1. The molecule has 1 aromatic rings. The minimum absolute atomic E-state index is 0.00262. The van der Waals surface area contributed by atoms with Gasteiger partial charge in [0.05, 0.1) is 30.9 Å². The second-order valence-corrected chi connectivity index (χ2v) is 10.7. The van der Waals surface area contributed by atoms with Crippen LogP contribution in [0.3, 0.4) is 0 Å². The summed E-state index contributed by atoms with van der Waals surface area (Å²) < 4.78 is 18.3. The molecule has 0 saturated carbocycles. The molecule has 1 radical (unpaired) electrons. The predicted octanol–water partition coefficient (Wildman–Crippen LogP) is 1.60. The standard InChI is InChI=1S/C23H35BN5O6S2/c1-4-18-19(33-10-7-16(2)30)14-20(35-18)29-15-17(21(25)28-22(29)31)6-5-8-26-23(32)34-11-13-37-36-12-9-27-24-3/h15,18-20,27H,4,7-14H2,1-3H3,(H,26,32)(H2,25,28,31)/t18-,19?,20-/m1/s1. The van der Waals surface area contributed by atoms with Crippen molar-refractivity contribution < 1.29 is 23.8 Å². The lowest BCUT2D eigenvalue weighted by molar-refractivity contribution is -0.119. The summed E-state index contributed by atoms with van der Waals surface area (Å²) in [7, 11) is 5.26. The maximum atomic E-state index is 12.5. The molecule has 0 spiro atoms. The number of amides is 1. The summed E-state index contributed by atoms with van der Waals surface area (Å²) in [6.07, 6.45) is 1.38. The fourth-order valence-electron chi connectivity index (χ4n) is 3.39. The van der Waals surface area contributed by atoms with Crippen LogP contribution in [0.2, 0.25) is 6.82 Å². The van der Waals surface area contributed by atoms with Gasteiger partial charge in [0.25, 0.3) is 0 Å². The third-order valence-electron chi connectivity index (χ3n) is 5.22. The molecule has 203 valence electrons. The van der Waals surface area contributed by atoms with Crippen molar-refractivity contribution in [2.45, 2.75) is 58.4 Å². The van der Waals surface area contributed by atoms with Crippen LogP contribution in [0.25, 0.3) is 0 Å². The van der Waals surface area contributed by atoms with Gasteiger partial charge in [0.15, 0.2) is 0 Å². The van der Waals surface area contributed by atoms with Gasteiger partial charge in [0.2, 0.25) is 7.41 Å². The first-order chi connectivity index (χ1) is 17.8. The Kier molecular flexibility index (Phi) is 14.6. The Morgan fingerprint density at radius 2 is 2.14 bits per heavy atom. The Morgan fingerprint density at radius 1 is 1.35 bits per heavy atom. The average Bonchev–Trinajstić information content (AvgIpc) is 3.27. The molecule has 2 rings (SSSR count).